The fraction of sp³-hybridized carbons (Fsp3) is 0.0435. The Balaban J connectivity index is 1.87. The molecule has 1 N–H and O–H groups in total. The van der Waals surface area contributed by atoms with E-state index >= 15 is 0 Å². The van der Waals surface area contributed by atoms with Gasteiger partial charge in [0.15, 0.2) is 0 Å². The number of hydrogen-bond donors (Lipinski definition) is 1. The summed E-state index contributed by atoms with van der Waals surface area (Å²) in [6, 6.07) is 21.8. The van der Waals surface area contributed by atoms with Crippen molar-refractivity contribution in [1.29, 1.82) is 5.26 Å². The first-order chi connectivity index (χ1) is 14.0. The number of hydrogen-bond acceptors (Lipinski definition) is 2. The Labute approximate surface area is 184 Å². The van der Waals surface area contributed by atoms with Crippen LogP contribution in [0.1, 0.15) is 16.7 Å². The lowest BCUT2D eigenvalue weighted by atomic mass is 9.98. The van der Waals surface area contributed by atoms with Crippen LogP contribution < -0.4 is 5.32 Å². The summed E-state index contributed by atoms with van der Waals surface area (Å²) in [7, 11) is 0. The molecule has 0 atom stereocenters. The quantitative estimate of drug-likeness (QED) is 0.350. The molecule has 0 unspecified atom stereocenters. The first-order valence-electron chi connectivity index (χ1n) is 8.67. The SMILES string of the molecule is N#C/C(=C\c1ccccc1Cc1ccccc1Cl)C(=O)Nc1ccc(Cl)c(Cl)c1. The van der Waals surface area contributed by atoms with Crippen LogP contribution in [0.5, 0.6) is 0 Å². The van der Waals surface area contributed by atoms with Gasteiger partial charge in [-0.2, -0.15) is 5.26 Å². The zero-order chi connectivity index (χ0) is 20.8. The van der Waals surface area contributed by atoms with Crippen molar-refractivity contribution in [2.75, 3.05) is 5.32 Å². The second-order valence-electron chi connectivity index (χ2n) is 6.22. The van der Waals surface area contributed by atoms with Crippen molar-refractivity contribution in [3.63, 3.8) is 0 Å². The van der Waals surface area contributed by atoms with Gasteiger partial charge in [-0.15, -0.1) is 0 Å². The minimum absolute atomic E-state index is 0.0253. The maximum atomic E-state index is 12.6. The molecule has 1 amide bonds. The third-order valence-electron chi connectivity index (χ3n) is 4.24. The third kappa shape index (κ3) is 5.40. The van der Waals surface area contributed by atoms with E-state index in [2.05, 4.69) is 5.32 Å². The number of carbonyl (C=O) groups is 1. The first-order valence-corrected chi connectivity index (χ1v) is 9.81. The summed E-state index contributed by atoms with van der Waals surface area (Å²) in [4.78, 5) is 12.6. The van der Waals surface area contributed by atoms with Gasteiger partial charge in [0.05, 0.1) is 10.0 Å². The topological polar surface area (TPSA) is 52.9 Å². The summed E-state index contributed by atoms with van der Waals surface area (Å²) in [6.45, 7) is 0. The average Bonchev–Trinajstić information content (AvgIpc) is 2.71. The summed E-state index contributed by atoms with van der Waals surface area (Å²) in [5.41, 5.74) is 3.12. The van der Waals surface area contributed by atoms with Crippen LogP contribution in [0, 0.1) is 11.3 Å². The van der Waals surface area contributed by atoms with Crippen molar-refractivity contribution in [2.24, 2.45) is 0 Å². The second-order valence-corrected chi connectivity index (χ2v) is 7.44. The van der Waals surface area contributed by atoms with Crippen LogP contribution in [-0.4, -0.2) is 5.91 Å². The van der Waals surface area contributed by atoms with Crippen LogP contribution in [0.4, 0.5) is 5.69 Å². The van der Waals surface area contributed by atoms with E-state index in [0.717, 1.165) is 16.7 Å². The zero-order valence-electron chi connectivity index (χ0n) is 15.1. The molecule has 0 aliphatic heterocycles. The predicted molar refractivity (Wildman–Crippen MR) is 119 cm³/mol. The largest absolute Gasteiger partial charge is 0.321 e. The van der Waals surface area contributed by atoms with Crippen LogP contribution in [0.3, 0.4) is 0 Å². The van der Waals surface area contributed by atoms with Crippen molar-refractivity contribution in [3.05, 3.63) is 104 Å². The van der Waals surface area contributed by atoms with Crippen molar-refractivity contribution in [2.45, 2.75) is 6.42 Å². The maximum Gasteiger partial charge on any atom is 0.266 e. The number of rotatable bonds is 5. The molecule has 0 aromatic heterocycles. The van der Waals surface area contributed by atoms with Crippen LogP contribution in [0.2, 0.25) is 15.1 Å². The highest BCUT2D eigenvalue weighted by molar-refractivity contribution is 6.42. The molecule has 0 saturated heterocycles. The number of nitrogens with one attached hydrogen (secondary N) is 1. The Kier molecular flexibility index (Phi) is 6.95. The normalized spacial score (nSPS) is 11.0. The summed E-state index contributed by atoms with van der Waals surface area (Å²) in [5, 5.41) is 13.5. The van der Waals surface area contributed by atoms with Crippen molar-refractivity contribution < 1.29 is 4.79 Å². The molecule has 0 aliphatic rings. The number of carbonyl (C=O) groups excluding carboxylic acids is 1. The molecule has 0 spiro atoms. The lowest BCUT2D eigenvalue weighted by molar-refractivity contribution is -0.112. The number of benzene rings is 3. The molecule has 3 nitrogen and oxygen atoms in total. The Hall–Kier alpha value is -2.77. The standard InChI is InChI=1S/C23H15Cl3N2O/c24-20-8-4-3-7-17(20)11-15-5-1-2-6-16(15)12-18(14-27)23(29)28-19-9-10-21(25)22(26)13-19/h1-10,12-13H,11H2,(H,28,29)/b18-12+. The maximum absolute atomic E-state index is 12.6. The minimum atomic E-state index is -0.529. The number of nitriles is 1. The predicted octanol–water partition coefficient (Wildman–Crippen LogP) is 6.78. The van der Waals surface area contributed by atoms with Gasteiger partial charge >= 0.3 is 0 Å². The summed E-state index contributed by atoms with van der Waals surface area (Å²) < 4.78 is 0. The molecular weight excluding hydrogens is 427 g/mol. The van der Waals surface area contributed by atoms with Gasteiger partial charge in [0, 0.05) is 10.7 Å². The number of amides is 1. The molecular formula is C23H15Cl3N2O. The Morgan fingerprint density at radius 1 is 0.897 bits per heavy atom. The smallest absolute Gasteiger partial charge is 0.266 e. The Morgan fingerprint density at radius 3 is 2.28 bits per heavy atom. The fourth-order valence-electron chi connectivity index (χ4n) is 2.76. The first kappa shape index (κ1) is 21.0. The van der Waals surface area contributed by atoms with Gasteiger partial charge in [0.1, 0.15) is 11.6 Å². The lowest BCUT2D eigenvalue weighted by Gasteiger charge is -2.09. The lowest BCUT2D eigenvalue weighted by Crippen LogP contribution is -2.13. The van der Waals surface area contributed by atoms with Gasteiger partial charge in [0.25, 0.3) is 5.91 Å². The molecule has 0 heterocycles. The minimum Gasteiger partial charge on any atom is -0.321 e. The molecule has 0 aliphatic carbocycles. The Bertz CT molecular complexity index is 1130. The number of halogens is 3. The van der Waals surface area contributed by atoms with E-state index < -0.39 is 5.91 Å². The highest BCUT2D eigenvalue weighted by Crippen LogP contribution is 2.26. The van der Waals surface area contributed by atoms with Gasteiger partial charge < -0.3 is 5.32 Å². The highest BCUT2D eigenvalue weighted by Gasteiger charge is 2.12. The monoisotopic (exact) mass is 440 g/mol. The van der Waals surface area contributed by atoms with E-state index in [1.807, 2.05) is 54.6 Å². The molecule has 0 radical (unpaired) electrons. The van der Waals surface area contributed by atoms with E-state index in [-0.39, 0.29) is 5.57 Å². The van der Waals surface area contributed by atoms with Gasteiger partial charge in [-0.05, 0) is 53.5 Å². The van der Waals surface area contributed by atoms with Gasteiger partial charge in [-0.1, -0.05) is 77.3 Å². The molecule has 3 aromatic rings. The van der Waals surface area contributed by atoms with Gasteiger partial charge in [-0.25, -0.2) is 0 Å². The van der Waals surface area contributed by atoms with Crippen molar-refractivity contribution >= 4 is 52.5 Å². The molecule has 0 saturated carbocycles. The molecule has 0 fully saturated rings. The molecule has 6 heteroatoms. The summed E-state index contributed by atoms with van der Waals surface area (Å²) >= 11 is 18.1. The highest BCUT2D eigenvalue weighted by atomic mass is 35.5. The van der Waals surface area contributed by atoms with Gasteiger partial charge in [-0.3, -0.25) is 4.79 Å². The number of anilines is 1. The van der Waals surface area contributed by atoms with E-state index in [9.17, 15) is 10.1 Å². The van der Waals surface area contributed by atoms with E-state index in [0.29, 0.717) is 27.2 Å². The fourth-order valence-corrected chi connectivity index (χ4v) is 3.26. The van der Waals surface area contributed by atoms with Crippen LogP contribution in [0.25, 0.3) is 6.08 Å². The summed E-state index contributed by atoms with van der Waals surface area (Å²) in [6.07, 6.45) is 2.15. The van der Waals surface area contributed by atoms with E-state index in [1.54, 1.807) is 18.2 Å². The van der Waals surface area contributed by atoms with Gasteiger partial charge in [0.2, 0.25) is 0 Å². The van der Waals surface area contributed by atoms with Crippen LogP contribution in [-0.2, 0) is 11.2 Å². The summed E-state index contributed by atoms with van der Waals surface area (Å²) in [5.74, 6) is -0.529. The van der Waals surface area contributed by atoms with E-state index in [1.165, 1.54) is 6.07 Å². The van der Waals surface area contributed by atoms with Crippen molar-refractivity contribution in [3.8, 4) is 6.07 Å². The van der Waals surface area contributed by atoms with Crippen molar-refractivity contribution in [1.82, 2.24) is 0 Å². The molecule has 3 aromatic carbocycles. The Morgan fingerprint density at radius 2 is 1.59 bits per heavy atom. The molecule has 0 bridgehead atoms. The molecule has 3 rings (SSSR count). The van der Waals surface area contributed by atoms with Crippen LogP contribution in [0.15, 0.2) is 72.3 Å². The third-order valence-corrected chi connectivity index (χ3v) is 5.34. The van der Waals surface area contributed by atoms with Crippen LogP contribution >= 0.6 is 34.8 Å². The number of nitrogens with zero attached hydrogens (tertiary/aromatic N) is 1. The average molecular weight is 442 g/mol. The second kappa shape index (κ2) is 9.62. The zero-order valence-corrected chi connectivity index (χ0v) is 17.4. The van der Waals surface area contributed by atoms with E-state index in [4.69, 9.17) is 34.8 Å². The molecule has 144 valence electrons. The molecule has 29 heavy (non-hydrogen) atoms.